The molecule has 0 spiro atoms. The summed E-state index contributed by atoms with van der Waals surface area (Å²) in [7, 11) is 0. The number of nitrogens with two attached hydrogens (primary N) is 1. The summed E-state index contributed by atoms with van der Waals surface area (Å²) in [6.07, 6.45) is 2.51. The van der Waals surface area contributed by atoms with Crippen molar-refractivity contribution in [3.63, 3.8) is 0 Å². The Bertz CT molecular complexity index is 260. The van der Waals surface area contributed by atoms with Gasteiger partial charge in [-0.25, -0.2) is 0 Å². The number of rotatable bonds is 8. The van der Waals surface area contributed by atoms with E-state index in [0.29, 0.717) is 33.0 Å². The second-order valence-corrected chi connectivity index (χ2v) is 3.17. The molecule has 1 rings (SSSR count). The average Bonchev–Trinajstić information content (AvgIpc) is 2.59. The van der Waals surface area contributed by atoms with Gasteiger partial charge in [-0.2, -0.15) is 0 Å². The lowest BCUT2D eigenvalue weighted by Crippen LogP contribution is -2.33. The fourth-order valence-electron chi connectivity index (χ4n) is 1.21. The van der Waals surface area contributed by atoms with Crippen molar-refractivity contribution in [3.05, 3.63) is 12.2 Å². The molecule has 0 bridgehead atoms. The molecule has 0 fully saturated rings. The minimum Gasteiger partial charge on any atom is -0.378 e. The zero-order chi connectivity index (χ0) is 11.8. The summed E-state index contributed by atoms with van der Waals surface area (Å²) in [5.74, 6) is -0.569. The zero-order valence-electron chi connectivity index (χ0n) is 9.05. The number of nitrogens with zero attached hydrogens (tertiary/aromatic N) is 1. The van der Waals surface area contributed by atoms with E-state index >= 15 is 0 Å². The number of amides is 2. The van der Waals surface area contributed by atoms with Crippen LogP contribution in [0.25, 0.3) is 0 Å². The van der Waals surface area contributed by atoms with Crippen LogP contribution in [-0.4, -0.2) is 56.2 Å². The maximum Gasteiger partial charge on any atom is 0.253 e. The normalized spacial score (nSPS) is 15.2. The van der Waals surface area contributed by atoms with Gasteiger partial charge in [0.05, 0.1) is 33.0 Å². The molecule has 0 saturated carbocycles. The molecule has 1 heterocycles. The summed E-state index contributed by atoms with van der Waals surface area (Å²) >= 11 is 0. The number of carbonyl (C=O) groups excluding carboxylic acids is 2. The molecular weight excluding hydrogens is 212 g/mol. The van der Waals surface area contributed by atoms with Gasteiger partial charge < -0.3 is 15.2 Å². The van der Waals surface area contributed by atoms with E-state index in [2.05, 4.69) is 0 Å². The van der Waals surface area contributed by atoms with Gasteiger partial charge in [0.1, 0.15) is 0 Å². The highest BCUT2D eigenvalue weighted by molar-refractivity contribution is 6.12. The third-order valence-corrected chi connectivity index (χ3v) is 1.99. The van der Waals surface area contributed by atoms with Crippen LogP contribution in [0.4, 0.5) is 0 Å². The summed E-state index contributed by atoms with van der Waals surface area (Å²) < 4.78 is 10.3. The monoisotopic (exact) mass is 228 g/mol. The molecule has 1 aliphatic heterocycles. The summed E-state index contributed by atoms with van der Waals surface area (Å²) in [6, 6.07) is 0. The molecule has 1 aliphatic rings. The van der Waals surface area contributed by atoms with E-state index in [9.17, 15) is 9.59 Å². The number of ether oxygens (including phenoxy) is 2. The van der Waals surface area contributed by atoms with E-state index in [0.717, 1.165) is 4.90 Å². The highest BCUT2D eigenvalue weighted by Gasteiger charge is 2.22. The van der Waals surface area contributed by atoms with Gasteiger partial charge in [0.15, 0.2) is 0 Å². The molecule has 6 nitrogen and oxygen atoms in total. The Balaban J connectivity index is 1.99. The predicted molar refractivity (Wildman–Crippen MR) is 56.6 cm³/mol. The van der Waals surface area contributed by atoms with Crippen LogP contribution in [0.1, 0.15) is 0 Å². The molecule has 2 N–H and O–H groups in total. The molecule has 2 amide bonds. The van der Waals surface area contributed by atoms with Crippen molar-refractivity contribution in [2.24, 2.45) is 5.73 Å². The zero-order valence-corrected chi connectivity index (χ0v) is 9.05. The van der Waals surface area contributed by atoms with Gasteiger partial charge in [0.25, 0.3) is 11.8 Å². The van der Waals surface area contributed by atoms with Gasteiger partial charge >= 0.3 is 0 Å². The van der Waals surface area contributed by atoms with Crippen molar-refractivity contribution in [1.29, 1.82) is 0 Å². The molecule has 0 unspecified atom stereocenters. The van der Waals surface area contributed by atoms with Crippen molar-refractivity contribution >= 4 is 11.8 Å². The first-order valence-corrected chi connectivity index (χ1v) is 5.15. The van der Waals surface area contributed by atoms with Crippen LogP contribution in [-0.2, 0) is 19.1 Å². The topological polar surface area (TPSA) is 81.9 Å². The molecule has 0 aromatic rings. The first-order valence-electron chi connectivity index (χ1n) is 5.15. The summed E-state index contributed by atoms with van der Waals surface area (Å²) in [6.45, 7) is 2.51. The van der Waals surface area contributed by atoms with E-state index < -0.39 is 0 Å². The second-order valence-electron chi connectivity index (χ2n) is 3.17. The van der Waals surface area contributed by atoms with Gasteiger partial charge in [-0.05, 0) is 0 Å². The van der Waals surface area contributed by atoms with Gasteiger partial charge in [0, 0.05) is 18.7 Å². The van der Waals surface area contributed by atoms with Crippen molar-refractivity contribution in [2.75, 3.05) is 39.5 Å². The minimum atomic E-state index is -0.284. The lowest BCUT2D eigenvalue weighted by atomic mass is 10.5. The van der Waals surface area contributed by atoms with E-state index in [4.69, 9.17) is 15.2 Å². The Hall–Kier alpha value is -1.24. The van der Waals surface area contributed by atoms with Crippen LogP contribution >= 0.6 is 0 Å². The molecule has 90 valence electrons. The maximum atomic E-state index is 11.1. The molecule has 0 saturated heterocycles. The van der Waals surface area contributed by atoms with Gasteiger partial charge in [-0.1, -0.05) is 0 Å². The van der Waals surface area contributed by atoms with Gasteiger partial charge in [-0.3, -0.25) is 14.5 Å². The van der Waals surface area contributed by atoms with Gasteiger partial charge in [-0.15, -0.1) is 0 Å². The van der Waals surface area contributed by atoms with Crippen LogP contribution in [0.2, 0.25) is 0 Å². The van der Waals surface area contributed by atoms with E-state index in [1.165, 1.54) is 12.2 Å². The van der Waals surface area contributed by atoms with Crippen molar-refractivity contribution in [2.45, 2.75) is 0 Å². The Morgan fingerprint density at radius 3 is 2.12 bits per heavy atom. The number of hydrogen-bond donors (Lipinski definition) is 1. The molecule has 0 aromatic carbocycles. The number of imide groups is 1. The standard InChI is InChI=1S/C10H16N2O4/c11-3-5-15-7-8-16-6-4-12-9(13)1-2-10(12)14/h1-2H,3-8,11H2. The Morgan fingerprint density at radius 2 is 1.56 bits per heavy atom. The first kappa shape index (κ1) is 12.8. The molecule has 0 aliphatic carbocycles. The van der Waals surface area contributed by atoms with Crippen molar-refractivity contribution in [1.82, 2.24) is 4.90 Å². The molecule has 0 aromatic heterocycles. The van der Waals surface area contributed by atoms with E-state index in [-0.39, 0.29) is 18.4 Å². The number of hydrogen-bond acceptors (Lipinski definition) is 5. The molecule has 16 heavy (non-hydrogen) atoms. The predicted octanol–water partition coefficient (Wildman–Crippen LogP) is -1.10. The third-order valence-electron chi connectivity index (χ3n) is 1.99. The van der Waals surface area contributed by atoms with Crippen molar-refractivity contribution < 1.29 is 19.1 Å². The number of carbonyl (C=O) groups is 2. The summed E-state index contributed by atoms with van der Waals surface area (Å²) in [5.41, 5.74) is 5.23. The SMILES string of the molecule is NCCOCCOCCN1C(=O)C=CC1=O. The second kappa shape index (κ2) is 7.10. The van der Waals surface area contributed by atoms with Crippen LogP contribution < -0.4 is 5.73 Å². The van der Waals surface area contributed by atoms with Gasteiger partial charge in [0.2, 0.25) is 0 Å². The highest BCUT2D eigenvalue weighted by atomic mass is 16.5. The average molecular weight is 228 g/mol. The molecule has 0 atom stereocenters. The Labute approximate surface area is 94.0 Å². The van der Waals surface area contributed by atoms with E-state index in [1.807, 2.05) is 0 Å². The maximum absolute atomic E-state index is 11.1. The Morgan fingerprint density at radius 1 is 1.00 bits per heavy atom. The quantitative estimate of drug-likeness (QED) is 0.421. The van der Waals surface area contributed by atoms with Crippen LogP contribution in [0.3, 0.4) is 0 Å². The smallest absolute Gasteiger partial charge is 0.253 e. The Kier molecular flexibility index (Phi) is 5.69. The fourth-order valence-corrected chi connectivity index (χ4v) is 1.21. The largest absolute Gasteiger partial charge is 0.378 e. The first-order chi connectivity index (χ1) is 7.75. The lowest BCUT2D eigenvalue weighted by molar-refractivity contribution is -0.137. The summed E-state index contributed by atoms with van der Waals surface area (Å²) in [4.78, 5) is 23.4. The third kappa shape index (κ3) is 4.09. The lowest BCUT2D eigenvalue weighted by Gasteiger charge is -2.13. The summed E-state index contributed by atoms with van der Waals surface area (Å²) in [5, 5.41) is 0. The van der Waals surface area contributed by atoms with Crippen LogP contribution in [0.15, 0.2) is 12.2 Å². The van der Waals surface area contributed by atoms with Crippen LogP contribution in [0.5, 0.6) is 0 Å². The van der Waals surface area contributed by atoms with Crippen molar-refractivity contribution in [3.8, 4) is 0 Å². The molecule has 0 radical (unpaired) electrons. The highest BCUT2D eigenvalue weighted by Crippen LogP contribution is 2.02. The van der Waals surface area contributed by atoms with E-state index in [1.54, 1.807) is 0 Å². The minimum absolute atomic E-state index is 0.279. The van der Waals surface area contributed by atoms with Crippen LogP contribution in [0, 0.1) is 0 Å². The fraction of sp³-hybridized carbons (Fsp3) is 0.600. The molecule has 6 heteroatoms. The molecular formula is C10H16N2O4.